The highest BCUT2D eigenvalue weighted by molar-refractivity contribution is 5.89. The lowest BCUT2D eigenvalue weighted by atomic mass is 10.0. The molecule has 1 rings (SSSR count). The van der Waals surface area contributed by atoms with E-state index in [1.54, 1.807) is 0 Å². The van der Waals surface area contributed by atoms with Crippen molar-refractivity contribution in [3.8, 4) is 5.75 Å². The number of aromatic carboxylic acids is 1. The molecule has 1 atom stereocenters. The Hall–Kier alpha value is -1.86. The highest BCUT2D eigenvalue weighted by Gasteiger charge is 2.24. The van der Waals surface area contributed by atoms with Crippen molar-refractivity contribution in [2.24, 2.45) is 5.73 Å². The van der Waals surface area contributed by atoms with Crippen LogP contribution in [0.1, 0.15) is 22.0 Å². The molecule has 0 aliphatic heterocycles. The fraction of sp³-hybridized carbons (Fsp3) is 0.200. The van der Waals surface area contributed by atoms with E-state index in [1.807, 2.05) is 0 Å². The number of rotatable bonds is 3. The quantitative estimate of drug-likeness (QED) is 0.707. The number of carbonyl (C=O) groups is 2. The summed E-state index contributed by atoms with van der Waals surface area (Å²) in [7, 11) is 1.07. The molecular weight excluding hydrogens is 269 g/mol. The molecule has 0 heterocycles. The minimum Gasteiger partial charge on any atom is -0.505 e. The van der Waals surface area contributed by atoms with Gasteiger partial charge < -0.3 is 20.7 Å². The normalized spacial score (nSPS) is 11.3. The number of carboxylic acid groups (broad SMARTS) is 1. The van der Waals surface area contributed by atoms with Gasteiger partial charge in [-0.25, -0.2) is 9.18 Å². The van der Waals surface area contributed by atoms with E-state index >= 15 is 0 Å². The number of halogens is 2. The summed E-state index contributed by atoms with van der Waals surface area (Å²) in [5.74, 6) is -4.35. The first-order valence-corrected chi connectivity index (χ1v) is 4.47. The van der Waals surface area contributed by atoms with Crippen molar-refractivity contribution in [2.45, 2.75) is 6.04 Å². The minimum absolute atomic E-state index is 0. The number of hydrogen-bond donors (Lipinski definition) is 3. The largest absolute Gasteiger partial charge is 0.505 e. The number of methoxy groups -OCH3 is 1. The van der Waals surface area contributed by atoms with E-state index in [1.165, 1.54) is 0 Å². The highest BCUT2D eigenvalue weighted by Crippen LogP contribution is 2.28. The van der Waals surface area contributed by atoms with E-state index < -0.39 is 35.1 Å². The van der Waals surface area contributed by atoms with Crippen LogP contribution in [0.2, 0.25) is 0 Å². The average Bonchev–Trinajstić information content (AvgIpc) is 2.30. The third-order valence-corrected chi connectivity index (χ3v) is 2.13. The Morgan fingerprint density at radius 2 is 2.00 bits per heavy atom. The summed E-state index contributed by atoms with van der Waals surface area (Å²) in [6.45, 7) is 0. The first-order chi connectivity index (χ1) is 7.88. The Morgan fingerprint density at radius 3 is 2.44 bits per heavy atom. The maximum Gasteiger partial charge on any atom is 0.335 e. The van der Waals surface area contributed by atoms with Crippen molar-refractivity contribution in [3.05, 3.63) is 29.1 Å². The predicted molar refractivity (Wildman–Crippen MR) is 61.2 cm³/mol. The number of ether oxygens (including phenoxy) is 1. The number of hydrogen-bond acceptors (Lipinski definition) is 5. The molecule has 0 aromatic heterocycles. The second-order valence-corrected chi connectivity index (χ2v) is 3.20. The van der Waals surface area contributed by atoms with Crippen molar-refractivity contribution < 1.29 is 28.9 Å². The summed E-state index contributed by atoms with van der Waals surface area (Å²) in [5.41, 5.74) is 4.63. The second-order valence-electron chi connectivity index (χ2n) is 3.20. The zero-order valence-corrected chi connectivity index (χ0v) is 10.0. The van der Waals surface area contributed by atoms with Crippen molar-refractivity contribution in [1.29, 1.82) is 0 Å². The number of nitrogens with two attached hydrogens (primary N) is 1. The Labute approximate surface area is 108 Å². The summed E-state index contributed by atoms with van der Waals surface area (Å²) >= 11 is 0. The number of esters is 1. The van der Waals surface area contributed by atoms with Gasteiger partial charge in [-0.05, 0) is 12.1 Å². The van der Waals surface area contributed by atoms with E-state index in [-0.39, 0.29) is 18.0 Å². The summed E-state index contributed by atoms with van der Waals surface area (Å²) in [4.78, 5) is 21.8. The van der Waals surface area contributed by atoms with Crippen molar-refractivity contribution in [1.82, 2.24) is 0 Å². The number of aromatic hydroxyl groups is 1. The Bertz CT molecular complexity index is 480. The van der Waals surface area contributed by atoms with Gasteiger partial charge >= 0.3 is 11.9 Å². The van der Waals surface area contributed by atoms with Gasteiger partial charge in [0.05, 0.1) is 12.7 Å². The maximum absolute atomic E-state index is 13.2. The molecule has 0 saturated carbocycles. The highest BCUT2D eigenvalue weighted by atomic mass is 35.5. The number of benzene rings is 1. The van der Waals surface area contributed by atoms with Crippen LogP contribution in [-0.4, -0.2) is 29.3 Å². The molecule has 0 spiro atoms. The Balaban J connectivity index is 0.00000289. The molecule has 0 fully saturated rings. The van der Waals surface area contributed by atoms with Gasteiger partial charge in [-0.2, -0.15) is 0 Å². The molecule has 6 nitrogen and oxygen atoms in total. The predicted octanol–water partition coefficient (Wildman–Crippen LogP) is 0.824. The first-order valence-electron chi connectivity index (χ1n) is 4.47. The Kier molecular flexibility index (Phi) is 5.54. The smallest absolute Gasteiger partial charge is 0.335 e. The molecule has 0 unspecified atom stereocenters. The van der Waals surface area contributed by atoms with Crippen LogP contribution in [0.5, 0.6) is 5.75 Å². The topological polar surface area (TPSA) is 110 Å². The molecule has 18 heavy (non-hydrogen) atoms. The Morgan fingerprint density at radius 1 is 1.44 bits per heavy atom. The fourth-order valence-corrected chi connectivity index (χ4v) is 1.23. The van der Waals surface area contributed by atoms with E-state index in [0.717, 1.165) is 13.2 Å². The standard InChI is InChI=1S/C10H10FNO5.ClH/c1-17-10(16)7(12)5-2-4(9(14)15)3-6(11)8(5)13;/h2-3,7,13H,12H2,1H3,(H,14,15);1H/t7-;/m0./s1. The van der Waals surface area contributed by atoms with Gasteiger partial charge in [0.15, 0.2) is 11.6 Å². The molecule has 0 saturated heterocycles. The fourth-order valence-electron chi connectivity index (χ4n) is 1.23. The van der Waals surface area contributed by atoms with Gasteiger partial charge in [-0.15, -0.1) is 12.4 Å². The number of phenolic OH excluding ortho intramolecular Hbond substituents is 1. The van der Waals surface area contributed by atoms with Crippen LogP contribution in [0.25, 0.3) is 0 Å². The SMILES string of the molecule is COC(=O)[C@@H](N)c1cc(C(=O)O)cc(F)c1O.Cl. The monoisotopic (exact) mass is 279 g/mol. The molecule has 0 aliphatic rings. The average molecular weight is 280 g/mol. The van der Waals surface area contributed by atoms with E-state index in [4.69, 9.17) is 10.8 Å². The molecular formula is C10H11ClFNO5. The van der Waals surface area contributed by atoms with Gasteiger partial charge in [0.25, 0.3) is 0 Å². The molecule has 100 valence electrons. The minimum atomic E-state index is -1.45. The van der Waals surface area contributed by atoms with Crippen molar-refractivity contribution in [3.63, 3.8) is 0 Å². The molecule has 1 aromatic carbocycles. The first kappa shape index (κ1) is 16.1. The second kappa shape index (κ2) is 6.18. The van der Waals surface area contributed by atoms with Crippen LogP contribution in [0.3, 0.4) is 0 Å². The van der Waals surface area contributed by atoms with Gasteiger partial charge in [0, 0.05) is 5.56 Å². The van der Waals surface area contributed by atoms with Crippen LogP contribution in [0, 0.1) is 5.82 Å². The molecule has 0 aliphatic carbocycles. The third kappa shape index (κ3) is 3.08. The van der Waals surface area contributed by atoms with Crippen LogP contribution in [0.4, 0.5) is 4.39 Å². The van der Waals surface area contributed by atoms with E-state index in [0.29, 0.717) is 6.07 Å². The number of carbonyl (C=O) groups excluding carboxylic acids is 1. The van der Waals surface area contributed by atoms with Gasteiger partial charge in [-0.1, -0.05) is 0 Å². The van der Waals surface area contributed by atoms with Crippen LogP contribution >= 0.6 is 12.4 Å². The zero-order valence-electron chi connectivity index (χ0n) is 9.21. The number of carboxylic acids is 1. The molecule has 1 aromatic rings. The maximum atomic E-state index is 13.2. The third-order valence-electron chi connectivity index (χ3n) is 2.13. The molecule has 0 amide bonds. The van der Waals surface area contributed by atoms with Crippen molar-refractivity contribution >= 4 is 24.3 Å². The van der Waals surface area contributed by atoms with E-state index in [2.05, 4.69) is 4.74 Å². The van der Waals surface area contributed by atoms with Gasteiger partial charge in [0.1, 0.15) is 6.04 Å². The van der Waals surface area contributed by atoms with Crippen LogP contribution in [0.15, 0.2) is 12.1 Å². The van der Waals surface area contributed by atoms with Crippen LogP contribution in [-0.2, 0) is 9.53 Å². The van der Waals surface area contributed by atoms with Gasteiger partial charge in [0.2, 0.25) is 0 Å². The summed E-state index contributed by atoms with van der Waals surface area (Å²) in [5, 5.41) is 18.1. The summed E-state index contributed by atoms with van der Waals surface area (Å²) in [6, 6.07) is 0.0989. The molecule has 8 heteroatoms. The lowest BCUT2D eigenvalue weighted by molar-refractivity contribution is -0.142. The number of phenols is 1. The lowest BCUT2D eigenvalue weighted by Crippen LogP contribution is -2.23. The zero-order chi connectivity index (χ0) is 13.2. The molecule has 0 radical (unpaired) electrons. The van der Waals surface area contributed by atoms with Gasteiger partial charge in [-0.3, -0.25) is 4.79 Å². The van der Waals surface area contributed by atoms with E-state index in [9.17, 15) is 19.1 Å². The summed E-state index contributed by atoms with van der Waals surface area (Å²) < 4.78 is 17.5. The summed E-state index contributed by atoms with van der Waals surface area (Å²) in [6.07, 6.45) is 0. The van der Waals surface area contributed by atoms with Crippen LogP contribution < -0.4 is 5.73 Å². The lowest BCUT2D eigenvalue weighted by Gasteiger charge is -2.12. The molecule has 0 bridgehead atoms. The van der Waals surface area contributed by atoms with Crippen molar-refractivity contribution in [2.75, 3.05) is 7.11 Å². The molecule has 4 N–H and O–H groups in total.